The Balaban J connectivity index is 3.60. The summed E-state index contributed by atoms with van der Waals surface area (Å²) in [6.45, 7) is 2.32. The maximum atomic E-state index is 13.2. The largest absolute Gasteiger partial charge is 0.426 e. The lowest BCUT2D eigenvalue weighted by Gasteiger charge is -2.48. The molecule has 1 fully saturated rings. The first-order chi connectivity index (χ1) is 14.0. The van der Waals surface area contributed by atoms with E-state index in [0.29, 0.717) is 0 Å². The van der Waals surface area contributed by atoms with E-state index in [1.165, 1.54) is 6.92 Å². The fraction of sp³-hybridized carbons (Fsp3) is 1.00. The predicted molar refractivity (Wildman–Crippen MR) is 80.9 cm³/mol. The molecule has 1 saturated carbocycles. The number of ether oxygens (including phenoxy) is 2. The average molecular weight is 504 g/mol. The molecule has 0 aromatic rings. The van der Waals surface area contributed by atoms with Gasteiger partial charge in [-0.3, -0.25) is 0 Å². The third kappa shape index (κ3) is 5.22. The molecule has 2 N–H and O–H groups in total. The van der Waals surface area contributed by atoms with Crippen molar-refractivity contribution in [2.75, 3.05) is 6.61 Å². The third-order valence-corrected chi connectivity index (χ3v) is 5.36. The highest BCUT2D eigenvalue weighted by Gasteiger charge is 2.78. The van der Waals surface area contributed by atoms with E-state index in [4.69, 9.17) is 9.47 Å². The number of halogens is 12. The third-order valence-electron chi connectivity index (χ3n) is 5.36. The summed E-state index contributed by atoms with van der Waals surface area (Å²) < 4.78 is 169. The molecule has 0 amide bonds. The van der Waals surface area contributed by atoms with Gasteiger partial charge in [-0.05, 0) is 33.1 Å². The minimum absolute atomic E-state index is 0.120. The van der Waals surface area contributed by atoms with Gasteiger partial charge in [0.25, 0.3) is 11.2 Å². The van der Waals surface area contributed by atoms with Crippen LogP contribution in [0, 0.1) is 11.8 Å². The predicted octanol–water partition coefficient (Wildman–Crippen LogP) is 4.88. The summed E-state index contributed by atoms with van der Waals surface area (Å²) in [5.74, 6) is -6.51. The zero-order valence-corrected chi connectivity index (χ0v) is 16.4. The monoisotopic (exact) mass is 504 g/mol. The molecule has 0 aromatic heterocycles. The Kier molecular flexibility index (Phi) is 8.15. The lowest BCUT2D eigenvalue weighted by atomic mass is 9.65. The molecule has 0 aromatic carbocycles. The van der Waals surface area contributed by atoms with Crippen molar-refractivity contribution >= 4 is 0 Å². The fourth-order valence-electron chi connectivity index (χ4n) is 3.85. The lowest BCUT2D eigenvalue weighted by Crippen LogP contribution is -2.67. The van der Waals surface area contributed by atoms with Gasteiger partial charge in [-0.25, -0.2) is 0 Å². The molecule has 4 nitrogen and oxygen atoms in total. The quantitative estimate of drug-likeness (QED) is 0.400. The molecule has 192 valence electrons. The van der Waals surface area contributed by atoms with Crippen LogP contribution in [0.3, 0.4) is 0 Å². The van der Waals surface area contributed by atoms with Gasteiger partial charge in [0.15, 0.2) is 6.29 Å². The van der Waals surface area contributed by atoms with Gasteiger partial charge in [-0.15, -0.1) is 0 Å². The Morgan fingerprint density at radius 1 is 0.688 bits per heavy atom. The molecule has 0 spiro atoms. The molecule has 3 unspecified atom stereocenters. The maximum absolute atomic E-state index is 13.2. The molecule has 16 heteroatoms. The Bertz CT molecular complexity index is 550. The summed E-state index contributed by atoms with van der Waals surface area (Å²) >= 11 is 0. The molecule has 32 heavy (non-hydrogen) atoms. The van der Waals surface area contributed by atoms with E-state index in [2.05, 4.69) is 0 Å². The Morgan fingerprint density at radius 3 is 1.25 bits per heavy atom. The molecule has 0 saturated heterocycles. The molecule has 1 rings (SSSR count). The molecule has 1 aliphatic rings. The van der Waals surface area contributed by atoms with Gasteiger partial charge in [0.1, 0.15) is 0 Å². The molecule has 1 aliphatic carbocycles. The topological polar surface area (TPSA) is 58.9 Å². The van der Waals surface area contributed by atoms with Crippen molar-refractivity contribution < 1.29 is 72.4 Å². The number of alkyl halides is 12. The molecule has 0 aliphatic heterocycles. The zero-order valence-electron chi connectivity index (χ0n) is 16.4. The minimum atomic E-state index is -6.51. The van der Waals surface area contributed by atoms with Crippen LogP contribution in [-0.2, 0) is 9.47 Å². The van der Waals surface area contributed by atoms with Crippen molar-refractivity contribution in [1.29, 1.82) is 0 Å². The van der Waals surface area contributed by atoms with E-state index in [1.807, 2.05) is 0 Å². The molecule has 3 atom stereocenters. The summed E-state index contributed by atoms with van der Waals surface area (Å²) in [5.41, 5.74) is -11.3. The van der Waals surface area contributed by atoms with Crippen molar-refractivity contribution in [2.45, 2.75) is 81.4 Å². The van der Waals surface area contributed by atoms with Crippen LogP contribution in [0.4, 0.5) is 52.7 Å². The first-order valence-electron chi connectivity index (χ1n) is 9.02. The van der Waals surface area contributed by atoms with Gasteiger partial charge in [-0.1, -0.05) is 0 Å². The fourth-order valence-corrected chi connectivity index (χ4v) is 3.85. The van der Waals surface area contributed by atoms with Crippen molar-refractivity contribution in [2.24, 2.45) is 11.8 Å². The first-order valence-corrected chi connectivity index (χ1v) is 9.02. The van der Waals surface area contributed by atoms with E-state index in [0.717, 1.165) is 6.92 Å². The second kappa shape index (κ2) is 8.98. The van der Waals surface area contributed by atoms with E-state index in [-0.39, 0.29) is 6.61 Å². The lowest BCUT2D eigenvalue weighted by molar-refractivity contribution is -0.406. The number of hydrogen-bond donors (Lipinski definition) is 2. The van der Waals surface area contributed by atoms with E-state index in [1.54, 1.807) is 0 Å². The molecule has 0 radical (unpaired) electrons. The van der Waals surface area contributed by atoms with Crippen LogP contribution in [0.5, 0.6) is 0 Å². The minimum Gasteiger partial charge on any atom is -0.373 e. The SMILES string of the molecule is CCOC(C)OC1CC(C(O)(C(F)(F)F)C(F)(F)F)CC(C(O)(C(F)(F)F)C(F)(F)F)C1. The van der Waals surface area contributed by atoms with Crippen LogP contribution in [-0.4, -0.2) is 65.1 Å². The average Bonchev–Trinajstić information content (AvgIpc) is 2.56. The highest BCUT2D eigenvalue weighted by atomic mass is 19.4. The van der Waals surface area contributed by atoms with Crippen LogP contribution in [0.2, 0.25) is 0 Å². The molecular weight excluding hydrogens is 484 g/mol. The van der Waals surface area contributed by atoms with Crippen LogP contribution in [0.25, 0.3) is 0 Å². The number of hydrogen-bond acceptors (Lipinski definition) is 4. The molecule has 0 bridgehead atoms. The van der Waals surface area contributed by atoms with Gasteiger partial charge in [0.05, 0.1) is 6.10 Å². The summed E-state index contributed by atoms with van der Waals surface area (Å²) in [4.78, 5) is 0. The Morgan fingerprint density at radius 2 is 1.00 bits per heavy atom. The number of aliphatic hydroxyl groups is 2. The highest BCUT2D eigenvalue weighted by Crippen LogP contribution is 2.57. The zero-order chi connectivity index (χ0) is 25.6. The second-order valence-electron chi connectivity index (χ2n) is 7.41. The summed E-state index contributed by atoms with van der Waals surface area (Å²) in [5, 5.41) is 19.1. The van der Waals surface area contributed by atoms with Crippen molar-refractivity contribution in [3.05, 3.63) is 0 Å². The summed E-state index contributed by atoms with van der Waals surface area (Å²) in [6.07, 6.45) is -34.5. The first kappa shape index (κ1) is 29.0. The second-order valence-corrected chi connectivity index (χ2v) is 7.41. The van der Waals surface area contributed by atoms with Gasteiger partial charge in [0.2, 0.25) is 0 Å². The van der Waals surface area contributed by atoms with Gasteiger partial charge in [0, 0.05) is 18.4 Å². The van der Waals surface area contributed by atoms with E-state index < -0.39 is 79.4 Å². The van der Waals surface area contributed by atoms with Crippen LogP contribution in [0.1, 0.15) is 33.1 Å². The Labute approximate surface area is 173 Å². The Hall–Kier alpha value is -1.00. The summed E-state index contributed by atoms with van der Waals surface area (Å²) in [6, 6.07) is 0. The van der Waals surface area contributed by atoms with Crippen molar-refractivity contribution in [3.8, 4) is 0 Å². The standard InChI is InChI=1S/C16H20F12O4/c1-3-31-7(2)32-10-5-8(11(29,13(17,18)19)14(20,21)22)4-9(6-10)12(30,15(23,24)25)16(26,27)28/h7-10,29-30H,3-6H2,1-2H3. The van der Waals surface area contributed by atoms with Gasteiger partial charge >= 0.3 is 24.7 Å². The van der Waals surface area contributed by atoms with Crippen LogP contribution >= 0.6 is 0 Å². The maximum Gasteiger partial charge on any atom is 0.426 e. The smallest absolute Gasteiger partial charge is 0.373 e. The number of rotatable bonds is 6. The molecule has 0 heterocycles. The normalized spacial score (nSPS) is 25.7. The van der Waals surface area contributed by atoms with Gasteiger partial charge < -0.3 is 19.7 Å². The summed E-state index contributed by atoms with van der Waals surface area (Å²) in [7, 11) is 0. The van der Waals surface area contributed by atoms with E-state index >= 15 is 0 Å². The van der Waals surface area contributed by atoms with Crippen LogP contribution < -0.4 is 0 Å². The van der Waals surface area contributed by atoms with Crippen LogP contribution in [0.15, 0.2) is 0 Å². The highest BCUT2D eigenvalue weighted by molar-refractivity contribution is 5.08. The van der Waals surface area contributed by atoms with Crippen molar-refractivity contribution in [1.82, 2.24) is 0 Å². The van der Waals surface area contributed by atoms with E-state index in [9.17, 15) is 62.9 Å². The van der Waals surface area contributed by atoms with Crippen molar-refractivity contribution in [3.63, 3.8) is 0 Å². The van der Waals surface area contributed by atoms with Gasteiger partial charge in [-0.2, -0.15) is 52.7 Å². The molecular formula is C16H20F12O4.